The van der Waals surface area contributed by atoms with E-state index in [-0.39, 0.29) is 5.56 Å². The molecule has 7 heteroatoms. The van der Waals surface area contributed by atoms with Gasteiger partial charge < -0.3 is 19.4 Å². The Bertz CT molecular complexity index is 979. The molecule has 0 amide bonds. The molecule has 0 aliphatic heterocycles. The molecule has 0 N–H and O–H groups in total. The normalized spacial score (nSPS) is 12.3. The highest BCUT2D eigenvalue weighted by molar-refractivity contribution is 7.84. The lowest BCUT2D eigenvalue weighted by atomic mass is 10.2. The third-order valence-electron chi connectivity index (χ3n) is 4.04. The van der Waals surface area contributed by atoms with Crippen molar-refractivity contribution in [3.63, 3.8) is 0 Å². The number of hydrogen-bond donors (Lipinski definition) is 0. The van der Waals surface area contributed by atoms with Crippen LogP contribution in [0.25, 0.3) is 11.0 Å². The lowest BCUT2D eigenvalue weighted by Gasteiger charge is -2.16. The fourth-order valence-electron chi connectivity index (χ4n) is 2.78. The summed E-state index contributed by atoms with van der Waals surface area (Å²) in [6.07, 6.45) is 0. The average molecular weight is 356 g/mol. The van der Waals surface area contributed by atoms with Crippen LogP contribution in [0.1, 0.15) is 15.9 Å². The van der Waals surface area contributed by atoms with Crippen molar-refractivity contribution >= 4 is 33.5 Å². The van der Waals surface area contributed by atoms with Gasteiger partial charge >= 0.3 is 0 Å². The third-order valence-corrected chi connectivity index (χ3v) is 5.38. The molecule has 1 unspecified atom stereocenters. The van der Waals surface area contributed by atoms with Gasteiger partial charge in [0, 0.05) is 26.8 Å². The van der Waals surface area contributed by atoms with Crippen molar-refractivity contribution in [3.05, 3.63) is 53.6 Å². The zero-order chi connectivity index (χ0) is 18.1. The van der Waals surface area contributed by atoms with Crippen LogP contribution in [0.2, 0.25) is 0 Å². The monoisotopic (exact) mass is 356 g/mol. The average Bonchev–Trinajstić information content (AvgIpc) is 2.91. The van der Waals surface area contributed by atoms with Crippen LogP contribution in [0.15, 0.2) is 47.6 Å². The Morgan fingerprint density at radius 2 is 1.96 bits per heavy atom. The quantitative estimate of drug-likeness (QED) is 0.689. The van der Waals surface area contributed by atoms with Gasteiger partial charge in [0.2, 0.25) is 0 Å². The van der Waals surface area contributed by atoms with E-state index in [1.807, 2.05) is 43.3 Å². The van der Waals surface area contributed by atoms with Crippen molar-refractivity contribution in [1.82, 2.24) is 9.55 Å². The Balaban J connectivity index is 1.98. The number of nitrogens with zero attached hydrogens (tertiary/aromatic N) is 3. The number of carbonyl (C=O) groups is 1. The second-order valence-electron chi connectivity index (χ2n) is 5.96. The number of rotatable bonds is 5. The number of anilines is 1. The van der Waals surface area contributed by atoms with E-state index in [1.54, 1.807) is 17.7 Å². The molecular weight excluding hydrogens is 338 g/mol. The first kappa shape index (κ1) is 17.2. The maximum absolute atomic E-state index is 12.9. The number of hydrogen-bond acceptors (Lipinski definition) is 5. The zero-order valence-corrected chi connectivity index (χ0v) is 15.0. The SMILES string of the molecule is CN(C)c1ccccc1CS(=O)c1nc2cc(C(=O)[O-])ccc2n1C. The molecule has 3 aromatic rings. The summed E-state index contributed by atoms with van der Waals surface area (Å²) in [7, 11) is 4.30. The molecule has 6 nitrogen and oxygen atoms in total. The van der Waals surface area contributed by atoms with Crippen molar-refractivity contribution in [1.29, 1.82) is 0 Å². The van der Waals surface area contributed by atoms with Gasteiger partial charge in [0.25, 0.3) is 0 Å². The van der Waals surface area contributed by atoms with Crippen LogP contribution in [0, 0.1) is 0 Å². The van der Waals surface area contributed by atoms with Gasteiger partial charge in [0.15, 0.2) is 5.16 Å². The van der Waals surface area contributed by atoms with Crippen LogP contribution in [-0.2, 0) is 23.6 Å². The van der Waals surface area contributed by atoms with E-state index in [4.69, 9.17) is 0 Å². The summed E-state index contributed by atoms with van der Waals surface area (Å²) in [4.78, 5) is 17.4. The number of aromatic nitrogens is 2. The molecule has 0 aliphatic carbocycles. The Kier molecular flexibility index (Phi) is 4.59. The largest absolute Gasteiger partial charge is 0.545 e. The molecule has 0 fully saturated rings. The number of benzene rings is 2. The molecule has 0 saturated carbocycles. The number of aromatic carboxylic acids is 1. The Hall–Kier alpha value is -2.67. The highest BCUT2D eigenvalue weighted by Gasteiger charge is 2.17. The molecule has 0 aliphatic rings. The van der Waals surface area contributed by atoms with Crippen molar-refractivity contribution in [2.75, 3.05) is 19.0 Å². The first-order valence-electron chi connectivity index (χ1n) is 7.70. The van der Waals surface area contributed by atoms with E-state index in [2.05, 4.69) is 4.98 Å². The molecule has 0 bridgehead atoms. The summed E-state index contributed by atoms with van der Waals surface area (Å²) in [5, 5.41) is 11.4. The summed E-state index contributed by atoms with van der Waals surface area (Å²) >= 11 is 0. The van der Waals surface area contributed by atoms with Gasteiger partial charge in [-0.25, -0.2) is 4.98 Å². The smallest absolute Gasteiger partial charge is 0.200 e. The number of aryl methyl sites for hydroxylation is 1. The molecule has 130 valence electrons. The molecule has 1 aromatic heterocycles. The first-order chi connectivity index (χ1) is 11.9. The molecule has 1 heterocycles. The minimum atomic E-state index is -1.36. The number of imidazole rings is 1. The van der Waals surface area contributed by atoms with Crippen LogP contribution in [0.4, 0.5) is 5.69 Å². The summed E-state index contributed by atoms with van der Waals surface area (Å²) in [5.74, 6) is -0.922. The molecule has 0 spiro atoms. The molecular formula is C18H18N3O3S-. The van der Waals surface area contributed by atoms with E-state index in [0.29, 0.717) is 16.4 Å². The van der Waals surface area contributed by atoms with Gasteiger partial charge in [-0.1, -0.05) is 24.3 Å². The summed E-state index contributed by atoms with van der Waals surface area (Å²) in [5.41, 5.74) is 3.26. The number of carbonyl (C=O) groups excluding carboxylic acids is 1. The highest BCUT2D eigenvalue weighted by atomic mass is 32.2. The Morgan fingerprint density at radius 1 is 1.24 bits per heavy atom. The van der Waals surface area contributed by atoms with E-state index >= 15 is 0 Å². The van der Waals surface area contributed by atoms with Gasteiger partial charge in [-0.15, -0.1) is 0 Å². The van der Waals surface area contributed by atoms with E-state index in [0.717, 1.165) is 16.8 Å². The maximum atomic E-state index is 12.9. The number of carboxylic acid groups (broad SMARTS) is 1. The number of para-hydroxylation sites is 1. The highest BCUT2D eigenvalue weighted by Crippen LogP contribution is 2.24. The lowest BCUT2D eigenvalue weighted by Crippen LogP contribution is -2.21. The standard InChI is InChI=1S/C18H19N3O3S/c1-20(2)15-7-5-4-6-13(15)11-25(24)18-19-14-10-12(17(22)23)8-9-16(14)21(18)3/h4-10H,11H2,1-3H3,(H,22,23)/p-1. The topological polar surface area (TPSA) is 78.3 Å². The molecule has 0 radical (unpaired) electrons. The van der Waals surface area contributed by atoms with Gasteiger partial charge in [-0.05, 0) is 29.3 Å². The first-order valence-corrected chi connectivity index (χ1v) is 9.02. The summed E-state index contributed by atoms with van der Waals surface area (Å²) in [6, 6.07) is 12.4. The van der Waals surface area contributed by atoms with Gasteiger partial charge in [0.05, 0.1) is 33.6 Å². The molecule has 2 aromatic carbocycles. The van der Waals surface area contributed by atoms with Crippen LogP contribution in [0.3, 0.4) is 0 Å². The van der Waals surface area contributed by atoms with Crippen LogP contribution < -0.4 is 10.0 Å². The Labute approximate surface area is 148 Å². The van der Waals surface area contributed by atoms with Crippen LogP contribution in [-0.4, -0.2) is 33.8 Å². The number of carboxylic acids is 1. The van der Waals surface area contributed by atoms with E-state index in [1.165, 1.54) is 12.1 Å². The molecule has 0 saturated heterocycles. The van der Waals surface area contributed by atoms with E-state index < -0.39 is 16.8 Å². The van der Waals surface area contributed by atoms with Crippen LogP contribution in [0.5, 0.6) is 0 Å². The predicted octanol–water partition coefficient (Wildman–Crippen LogP) is 1.31. The molecule has 25 heavy (non-hydrogen) atoms. The van der Waals surface area contributed by atoms with Crippen LogP contribution >= 0.6 is 0 Å². The van der Waals surface area contributed by atoms with Crippen molar-refractivity contribution in [2.24, 2.45) is 7.05 Å². The van der Waals surface area contributed by atoms with Gasteiger partial charge in [-0.3, -0.25) is 4.21 Å². The van der Waals surface area contributed by atoms with Crippen molar-refractivity contribution in [2.45, 2.75) is 10.9 Å². The summed E-state index contributed by atoms with van der Waals surface area (Å²) < 4.78 is 14.6. The fraction of sp³-hybridized carbons (Fsp3) is 0.222. The van der Waals surface area contributed by atoms with Crippen molar-refractivity contribution in [3.8, 4) is 0 Å². The summed E-state index contributed by atoms with van der Waals surface area (Å²) in [6.45, 7) is 0. The fourth-order valence-corrected chi connectivity index (χ4v) is 4.04. The van der Waals surface area contributed by atoms with Crippen molar-refractivity contribution < 1.29 is 14.1 Å². The van der Waals surface area contributed by atoms with Gasteiger partial charge in [0.1, 0.15) is 0 Å². The lowest BCUT2D eigenvalue weighted by molar-refractivity contribution is -0.255. The number of fused-ring (bicyclic) bond motifs is 1. The minimum Gasteiger partial charge on any atom is -0.545 e. The minimum absolute atomic E-state index is 0.0564. The molecule has 1 atom stereocenters. The van der Waals surface area contributed by atoms with E-state index in [9.17, 15) is 14.1 Å². The second kappa shape index (κ2) is 6.68. The third kappa shape index (κ3) is 3.28. The van der Waals surface area contributed by atoms with Gasteiger partial charge in [-0.2, -0.15) is 0 Å². The zero-order valence-electron chi connectivity index (χ0n) is 14.2. The second-order valence-corrected chi connectivity index (χ2v) is 7.30. The predicted molar refractivity (Wildman–Crippen MR) is 95.9 cm³/mol. The molecule has 3 rings (SSSR count). The Morgan fingerprint density at radius 3 is 2.64 bits per heavy atom. The maximum Gasteiger partial charge on any atom is 0.200 e.